The highest BCUT2D eigenvalue weighted by Gasteiger charge is 2.46. The second-order valence-corrected chi connectivity index (χ2v) is 7.43. The molecule has 130 valence electrons. The summed E-state index contributed by atoms with van der Waals surface area (Å²) in [5.41, 5.74) is -0.0446. The molecule has 0 radical (unpaired) electrons. The quantitative estimate of drug-likeness (QED) is 0.689. The van der Waals surface area contributed by atoms with E-state index in [1.54, 1.807) is 0 Å². The van der Waals surface area contributed by atoms with E-state index >= 15 is 0 Å². The first-order valence-corrected chi connectivity index (χ1v) is 8.08. The highest BCUT2D eigenvalue weighted by atomic mass is 16.2. The molecule has 3 atom stereocenters. The van der Waals surface area contributed by atoms with Crippen molar-refractivity contribution in [3.8, 4) is 0 Å². The smallest absolute Gasteiger partial charge is 0.227 e. The first-order valence-electron chi connectivity index (χ1n) is 8.08. The molecule has 0 saturated heterocycles. The predicted octanol–water partition coefficient (Wildman–Crippen LogP) is 1.23. The van der Waals surface area contributed by atoms with Crippen LogP contribution < -0.4 is 10.6 Å². The molecule has 1 fully saturated rings. The van der Waals surface area contributed by atoms with Gasteiger partial charge in [-0.15, -0.1) is 0 Å². The maximum Gasteiger partial charge on any atom is 0.227 e. The third-order valence-electron chi connectivity index (χ3n) is 4.56. The Kier molecular flexibility index (Phi) is 6.47. The van der Waals surface area contributed by atoms with Crippen LogP contribution in [0, 0.1) is 17.3 Å². The number of nitrogens with one attached hydrogen (secondary N) is 2. The van der Waals surface area contributed by atoms with Crippen molar-refractivity contribution in [3.63, 3.8) is 0 Å². The maximum absolute atomic E-state index is 11.9. The molecule has 0 bridgehead atoms. The first kappa shape index (κ1) is 19.3. The lowest BCUT2D eigenvalue weighted by Crippen LogP contribution is -2.47. The molecule has 3 unspecified atom stereocenters. The van der Waals surface area contributed by atoms with Gasteiger partial charge >= 0.3 is 0 Å². The molecule has 1 aliphatic carbocycles. The van der Waals surface area contributed by atoms with E-state index < -0.39 is 0 Å². The zero-order chi connectivity index (χ0) is 17.8. The largest absolute Gasteiger partial charge is 0.355 e. The topological polar surface area (TPSA) is 92.3 Å². The lowest BCUT2D eigenvalue weighted by Gasteiger charge is -2.31. The van der Waals surface area contributed by atoms with E-state index in [4.69, 9.17) is 0 Å². The number of Topliss-reactive ketones (excluding diaryl/α,β-unsaturated/α-hetero) is 2. The zero-order valence-corrected chi connectivity index (χ0v) is 14.7. The second-order valence-electron chi connectivity index (χ2n) is 7.43. The Balaban J connectivity index is 2.73. The molecule has 0 aromatic rings. The molecule has 0 heterocycles. The fourth-order valence-electron chi connectivity index (χ4n) is 3.61. The SMILES string of the molecule is CC(=O)CC(=O)NCC1C(NC(=O)CC(C)=O)C(C)CC1(C)C. The summed E-state index contributed by atoms with van der Waals surface area (Å²) in [5, 5.41) is 5.75. The van der Waals surface area contributed by atoms with Crippen molar-refractivity contribution in [1.29, 1.82) is 0 Å². The third-order valence-corrected chi connectivity index (χ3v) is 4.56. The van der Waals surface area contributed by atoms with Crippen LogP contribution in [0.25, 0.3) is 0 Å². The summed E-state index contributed by atoms with van der Waals surface area (Å²) in [4.78, 5) is 45.7. The van der Waals surface area contributed by atoms with Gasteiger partial charge in [0.1, 0.15) is 11.6 Å². The van der Waals surface area contributed by atoms with Gasteiger partial charge in [-0.05, 0) is 31.6 Å². The van der Waals surface area contributed by atoms with E-state index in [9.17, 15) is 19.2 Å². The van der Waals surface area contributed by atoms with Crippen molar-refractivity contribution in [2.45, 2.75) is 59.9 Å². The number of ketones is 2. The van der Waals surface area contributed by atoms with Crippen molar-refractivity contribution < 1.29 is 19.2 Å². The lowest BCUT2D eigenvalue weighted by atomic mass is 9.80. The van der Waals surface area contributed by atoms with Crippen molar-refractivity contribution in [1.82, 2.24) is 10.6 Å². The minimum Gasteiger partial charge on any atom is -0.355 e. The molecule has 1 aliphatic rings. The van der Waals surface area contributed by atoms with Gasteiger partial charge in [-0.1, -0.05) is 20.8 Å². The summed E-state index contributed by atoms with van der Waals surface area (Å²) >= 11 is 0. The predicted molar refractivity (Wildman–Crippen MR) is 86.6 cm³/mol. The molecule has 0 aromatic heterocycles. The normalized spacial score (nSPS) is 25.7. The summed E-state index contributed by atoms with van der Waals surface area (Å²) in [6, 6.07) is -0.0884. The molecule has 6 nitrogen and oxygen atoms in total. The van der Waals surface area contributed by atoms with Gasteiger partial charge in [0.15, 0.2) is 0 Å². The zero-order valence-electron chi connectivity index (χ0n) is 14.7. The fraction of sp³-hybridized carbons (Fsp3) is 0.765. The van der Waals surface area contributed by atoms with Gasteiger partial charge in [0.05, 0.1) is 12.8 Å². The van der Waals surface area contributed by atoms with Crippen LogP contribution in [0.1, 0.15) is 53.9 Å². The minimum absolute atomic E-state index is 0.0446. The lowest BCUT2D eigenvalue weighted by molar-refractivity contribution is -0.128. The van der Waals surface area contributed by atoms with Gasteiger partial charge in [-0.3, -0.25) is 19.2 Å². The van der Waals surface area contributed by atoms with Crippen LogP contribution in [0.3, 0.4) is 0 Å². The van der Waals surface area contributed by atoms with Gasteiger partial charge < -0.3 is 10.6 Å². The van der Waals surface area contributed by atoms with E-state index in [1.165, 1.54) is 13.8 Å². The molecule has 6 heteroatoms. The van der Waals surface area contributed by atoms with Gasteiger partial charge in [0.25, 0.3) is 0 Å². The van der Waals surface area contributed by atoms with Crippen LogP contribution >= 0.6 is 0 Å². The van der Waals surface area contributed by atoms with Crippen LogP contribution in [-0.2, 0) is 19.2 Å². The molecular weight excluding hydrogens is 296 g/mol. The highest BCUT2D eigenvalue weighted by Crippen LogP contribution is 2.45. The van der Waals surface area contributed by atoms with Crippen LogP contribution in [0.15, 0.2) is 0 Å². The van der Waals surface area contributed by atoms with E-state index in [1.807, 2.05) is 0 Å². The number of carbonyl (C=O) groups is 4. The van der Waals surface area contributed by atoms with E-state index in [-0.39, 0.29) is 59.5 Å². The first-order chi connectivity index (χ1) is 10.5. The Labute approximate surface area is 137 Å². The average Bonchev–Trinajstić information content (AvgIpc) is 2.54. The molecule has 1 saturated carbocycles. The van der Waals surface area contributed by atoms with Crippen molar-refractivity contribution in [2.75, 3.05) is 6.54 Å². The standard InChI is InChI=1S/C17H28N2O4/c1-10-8-17(4,5)13(9-18-14(22)6-11(2)20)16(10)19-15(23)7-12(3)21/h10,13,16H,6-9H2,1-5H3,(H,18,22)(H,19,23). The number of amides is 2. The van der Waals surface area contributed by atoms with Gasteiger partial charge in [0, 0.05) is 18.5 Å². The Hall–Kier alpha value is -1.72. The van der Waals surface area contributed by atoms with Crippen LogP contribution in [0.4, 0.5) is 0 Å². The van der Waals surface area contributed by atoms with Crippen LogP contribution in [0.2, 0.25) is 0 Å². The summed E-state index contributed by atoms with van der Waals surface area (Å²) in [6.07, 6.45) is 0.683. The number of hydrogen-bond donors (Lipinski definition) is 2. The van der Waals surface area contributed by atoms with Gasteiger partial charge in [-0.25, -0.2) is 0 Å². The molecule has 0 aliphatic heterocycles. The summed E-state index contributed by atoms with van der Waals surface area (Å²) < 4.78 is 0. The number of rotatable bonds is 7. The Bertz CT molecular complexity index is 499. The molecule has 23 heavy (non-hydrogen) atoms. The fourth-order valence-corrected chi connectivity index (χ4v) is 3.61. The monoisotopic (exact) mass is 324 g/mol. The minimum atomic E-state index is -0.290. The van der Waals surface area contributed by atoms with Crippen molar-refractivity contribution >= 4 is 23.4 Å². The molecular formula is C17H28N2O4. The number of carbonyl (C=O) groups excluding carboxylic acids is 4. The summed E-state index contributed by atoms with van der Waals surface area (Å²) in [6.45, 7) is 9.48. The van der Waals surface area contributed by atoms with Crippen molar-refractivity contribution in [2.24, 2.45) is 17.3 Å². The highest BCUT2D eigenvalue weighted by molar-refractivity contribution is 5.97. The molecule has 2 amide bonds. The maximum atomic E-state index is 11.9. The summed E-state index contributed by atoms with van der Waals surface area (Å²) in [7, 11) is 0. The molecule has 0 spiro atoms. The average molecular weight is 324 g/mol. The third kappa shape index (κ3) is 5.77. The van der Waals surface area contributed by atoms with E-state index in [0.29, 0.717) is 6.54 Å². The molecule has 0 aromatic carbocycles. The Morgan fingerprint density at radius 2 is 1.52 bits per heavy atom. The van der Waals surface area contributed by atoms with Crippen molar-refractivity contribution in [3.05, 3.63) is 0 Å². The van der Waals surface area contributed by atoms with Gasteiger partial charge in [-0.2, -0.15) is 0 Å². The molecule has 2 N–H and O–H groups in total. The Morgan fingerprint density at radius 1 is 1.00 bits per heavy atom. The van der Waals surface area contributed by atoms with Crippen LogP contribution in [0.5, 0.6) is 0 Å². The second kappa shape index (κ2) is 7.70. The number of hydrogen-bond acceptors (Lipinski definition) is 4. The van der Waals surface area contributed by atoms with E-state index in [0.717, 1.165) is 6.42 Å². The molecule has 1 rings (SSSR count). The van der Waals surface area contributed by atoms with Gasteiger partial charge in [0.2, 0.25) is 11.8 Å². The van der Waals surface area contributed by atoms with Crippen LogP contribution in [-0.4, -0.2) is 36.0 Å². The Morgan fingerprint density at radius 3 is 2.04 bits per heavy atom. The van der Waals surface area contributed by atoms with E-state index in [2.05, 4.69) is 31.4 Å². The summed E-state index contributed by atoms with van der Waals surface area (Å²) in [5.74, 6) is -0.583.